The maximum Gasteiger partial charge on any atom is 0.232 e. The molecule has 0 aromatic carbocycles. The molecule has 0 saturated heterocycles. The number of aromatic nitrogens is 2. The molecular weight excluding hydrogens is 164 g/mol. The van der Waals surface area contributed by atoms with Crippen molar-refractivity contribution in [2.75, 3.05) is 0 Å². The van der Waals surface area contributed by atoms with Gasteiger partial charge in [0.1, 0.15) is 6.10 Å². The molecule has 2 atom stereocenters. The summed E-state index contributed by atoms with van der Waals surface area (Å²) in [5.74, 6) is 1.29. The normalized spacial score (nSPS) is 15.4. The molecule has 0 radical (unpaired) electrons. The molecule has 0 aliphatic carbocycles. The second-order valence-electron chi connectivity index (χ2n) is 3.54. The van der Waals surface area contributed by atoms with Gasteiger partial charge in [-0.15, -0.1) is 5.10 Å². The molecule has 0 spiro atoms. The van der Waals surface area contributed by atoms with Crippen LogP contribution in [-0.4, -0.2) is 15.9 Å². The van der Waals surface area contributed by atoms with Gasteiger partial charge >= 0.3 is 0 Å². The molecule has 0 amide bonds. The topological polar surface area (TPSA) is 27.1 Å². The Hall–Kier alpha value is -0.990. The summed E-state index contributed by atoms with van der Waals surface area (Å²) in [4.78, 5) is 0. The van der Waals surface area contributed by atoms with Gasteiger partial charge in [-0.25, -0.2) is 0 Å². The number of aryl methyl sites for hydroxylation is 1. The van der Waals surface area contributed by atoms with Crippen molar-refractivity contribution in [2.24, 2.45) is 13.0 Å². The number of ether oxygens (including phenoxy) is 1. The lowest BCUT2D eigenvalue weighted by molar-refractivity contribution is 0.150. The Kier molecular flexibility index (Phi) is 3.34. The van der Waals surface area contributed by atoms with E-state index in [1.54, 1.807) is 4.68 Å². The molecule has 74 valence electrons. The van der Waals surface area contributed by atoms with Gasteiger partial charge in [0, 0.05) is 19.3 Å². The van der Waals surface area contributed by atoms with Crippen molar-refractivity contribution in [3.05, 3.63) is 12.3 Å². The van der Waals surface area contributed by atoms with E-state index in [4.69, 9.17) is 4.74 Å². The summed E-state index contributed by atoms with van der Waals surface area (Å²) in [6.45, 7) is 6.44. The first-order valence-corrected chi connectivity index (χ1v) is 4.79. The molecule has 0 N–H and O–H groups in total. The highest BCUT2D eigenvalue weighted by atomic mass is 16.5. The van der Waals surface area contributed by atoms with E-state index in [0.717, 1.165) is 12.3 Å². The molecule has 0 bridgehead atoms. The Balaban J connectivity index is 2.49. The van der Waals surface area contributed by atoms with Crippen LogP contribution in [0.15, 0.2) is 12.3 Å². The predicted molar refractivity (Wildman–Crippen MR) is 52.8 cm³/mol. The van der Waals surface area contributed by atoms with Gasteiger partial charge in [0.2, 0.25) is 5.88 Å². The SMILES string of the molecule is CCC(C)[C@H](C)Oc1ccn(C)n1. The first-order chi connectivity index (χ1) is 6.13. The standard InChI is InChI=1S/C10H18N2O/c1-5-8(2)9(3)13-10-6-7-12(4)11-10/h6-9H,5H2,1-4H3/t8?,9-/m0/s1. The van der Waals surface area contributed by atoms with Gasteiger partial charge in [-0.1, -0.05) is 20.3 Å². The number of rotatable bonds is 4. The van der Waals surface area contributed by atoms with E-state index in [-0.39, 0.29) is 6.10 Å². The number of nitrogens with zero attached hydrogens (tertiary/aromatic N) is 2. The van der Waals surface area contributed by atoms with E-state index in [0.29, 0.717) is 5.92 Å². The van der Waals surface area contributed by atoms with E-state index >= 15 is 0 Å². The van der Waals surface area contributed by atoms with Crippen molar-refractivity contribution in [3.63, 3.8) is 0 Å². The Bertz CT molecular complexity index is 257. The molecule has 3 heteroatoms. The zero-order valence-electron chi connectivity index (χ0n) is 8.82. The average molecular weight is 182 g/mol. The maximum atomic E-state index is 5.66. The Morgan fingerprint density at radius 3 is 2.69 bits per heavy atom. The number of hydrogen-bond acceptors (Lipinski definition) is 2. The van der Waals surface area contributed by atoms with E-state index in [2.05, 4.69) is 25.9 Å². The molecule has 1 aromatic rings. The van der Waals surface area contributed by atoms with Crippen molar-refractivity contribution in [3.8, 4) is 5.88 Å². The van der Waals surface area contributed by atoms with Gasteiger partial charge in [0.25, 0.3) is 0 Å². The Morgan fingerprint density at radius 1 is 1.54 bits per heavy atom. The third-order valence-corrected chi connectivity index (χ3v) is 2.44. The van der Waals surface area contributed by atoms with Gasteiger partial charge in [-0.2, -0.15) is 0 Å². The van der Waals surface area contributed by atoms with Gasteiger partial charge in [-0.05, 0) is 12.8 Å². The van der Waals surface area contributed by atoms with Crippen LogP contribution in [0.2, 0.25) is 0 Å². The predicted octanol–water partition coefficient (Wildman–Crippen LogP) is 2.23. The molecular formula is C10H18N2O. The van der Waals surface area contributed by atoms with Crippen LogP contribution in [0.5, 0.6) is 5.88 Å². The monoisotopic (exact) mass is 182 g/mol. The quantitative estimate of drug-likeness (QED) is 0.714. The van der Waals surface area contributed by atoms with E-state index in [1.807, 2.05) is 19.3 Å². The molecule has 0 saturated carbocycles. The molecule has 1 aromatic heterocycles. The van der Waals surface area contributed by atoms with Crippen molar-refractivity contribution in [1.82, 2.24) is 9.78 Å². The molecule has 0 aliphatic rings. The molecule has 0 aliphatic heterocycles. The summed E-state index contributed by atoms with van der Waals surface area (Å²) >= 11 is 0. The third kappa shape index (κ3) is 2.76. The smallest absolute Gasteiger partial charge is 0.232 e. The minimum Gasteiger partial charge on any atom is -0.473 e. The average Bonchev–Trinajstić information content (AvgIpc) is 2.49. The van der Waals surface area contributed by atoms with Crippen LogP contribution in [0.4, 0.5) is 0 Å². The lowest BCUT2D eigenvalue weighted by Crippen LogP contribution is -2.20. The second kappa shape index (κ2) is 4.30. The fourth-order valence-electron chi connectivity index (χ4n) is 1.10. The Morgan fingerprint density at radius 2 is 2.23 bits per heavy atom. The largest absolute Gasteiger partial charge is 0.473 e. The van der Waals surface area contributed by atoms with E-state index in [1.165, 1.54) is 0 Å². The highest BCUT2D eigenvalue weighted by Crippen LogP contribution is 2.14. The van der Waals surface area contributed by atoms with Crippen LogP contribution in [0.3, 0.4) is 0 Å². The molecule has 1 unspecified atom stereocenters. The molecule has 1 heterocycles. The van der Waals surface area contributed by atoms with Crippen LogP contribution in [0.1, 0.15) is 27.2 Å². The van der Waals surface area contributed by atoms with Crippen molar-refractivity contribution in [1.29, 1.82) is 0 Å². The maximum absolute atomic E-state index is 5.66. The summed E-state index contributed by atoms with van der Waals surface area (Å²) in [6, 6.07) is 1.89. The highest BCUT2D eigenvalue weighted by Gasteiger charge is 2.12. The lowest BCUT2D eigenvalue weighted by Gasteiger charge is -2.18. The molecule has 1 rings (SSSR count). The lowest BCUT2D eigenvalue weighted by atomic mass is 10.0. The first-order valence-electron chi connectivity index (χ1n) is 4.79. The van der Waals surface area contributed by atoms with Gasteiger partial charge < -0.3 is 4.74 Å². The number of hydrogen-bond donors (Lipinski definition) is 0. The summed E-state index contributed by atoms with van der Waals surface area (Å²) < 4.78 is 7.40. The zero-order valence-corrected chi connectivity index (χ0v) is 8.82. The van der Waals surface area contributed by atoms with Crippen LogP contribution in [0, 0.1) is 5.92 Å². The molecule has 0 fully saturated rings. The van der Waals surface area contributed by atoms with Crippen molar-refractivity contribution in [2.45, 2.75) is 33.3 Å². The minimum absolute atomic E-state index is 0.236. The fourth-order valence-corrected chi connectivity index (χ4v) is 1.10. The van der Waals surface area contributed by atoms with Gasteiger partial charge in [0.05, 0.1) is 0 Å². The highest BCUT2D eigenvalue weighted by molar-refractivity contribution is 5.05. The van der Waals surface area contributed by atoms with Crippen LogP contribution in [0.25, 0.3) is 0 Å². The van der Waals surface area contributed by atoms with Crippen LogP contribution in [-0.2, 0) is 7.05 Å². The molecule has 3 nitrogen and oxygen atoms in total. The fraction of sp³-hybridized carbons (Fsp3) is 0.700. The molecule has 13 heavy (non-hydrogen) atoms. The Labute approximate surface area is 79.7 Å². The zero-order chi connectivity index (χ0) is 9.84. The summed E-state index contributed by atoms with van der Waals surface area (Å²) in [5, 5.41) is 4.16. The van der Waals surface area contributed by atoms with Crippen LogP contribution >= 0.6 is 0 Å². The summed E-state index contributed by atoms with van der Waals surface area (Å²) in [5.41, 5.74) is 0. The first kappa shape index (κ1) is 10.1. The van der Waals surface area contributed by atoms with Gasteiger partial charge in [-0.3, -0.25) is 4.68 Å². The van der Waals surface area contributed by atoms with Crippen molar-refractivity contribution >= 4 is 0 Å². The second-order valence-corrected chi connectivity index (χ2v) is 3.54. The van der Waals surface area contributed by atoms with Gasteiger partial charge in [0.15, 0.2) is 0 Å². The van der Waals surface area contributed by atoms with E-state index < -0.39 is 0 Å². The minimum atomic E-state index is 0.236. The third-order valence-electron chi connectivity index (χ3n) is 2.44. The summed E-state index contributed by atoms with van der Waals surface area (Å²) in [7, 11) is 1.89. The summed E-state index contributed by atoms with van der Waals surface area (Å²) in [6.07, 6.45) is 3.26. The van der Waals surface area contributed by atoms with Crippen molar-refractivity contribution < 1.29 is 4.74 Å². The van der Waals surface area contributed by atoms with Crippen LogP contribution < -0.4 is 4.74 Å². The van der Waals surface area contributed by atoms with E-state index in [9.17, 15) is 0 Å².